The molecule has 1 aromatic heterocycles. The van der Waals surface area contributed by atoms with Crippen molar-refractivity contribution >= 4 is 45.3 Å². The van der Waals surface area contributed by atoms with Crippen molar-refractivity contribution in [1.82, 2.24) is 14.9 Å². The molecule has 3 amide bonds. The van der Waals surface area contributed by atoms with E-state index in [-0.39, 0.29) is 23.2 Å². The molecule has 136 valence electrons. The summed E-state index contributed by atoms with van der Waals surface area (Å²) in [6, 6.07) is -2.03. The number of urea groups is 1. The third-order valence-electron chi connectivity index (χ3n) is 3.77. The summed E-state index contributed by atoms with van der Waals surface area (Å²) in [7, 11) is -4.83. The second kappa shape index (κ2) is 6.21. The second-order valence-corrected chi connectivity index (χ2v) is 7.29. The highest BCUT2D eigenvalue weighted by atomic mass is 32.3. The Morgan fingerprint density at radius 3 is 2.80 bits per heavy atom. The Hall–Kier alpha value is -2.29. The minimum absolute atomic E-state index is 0.0678. The van der Waals surface area contributed by atoms with Gasteiger partial charge < -0.3 is 16.4 Å². The van der Waals surface area contributed by atoms with E-state index in [2.05, 4.69) is 14.3 Å². The van der Waals surface area contributed by atoms with Crippen LogP contribution in [0.25, 0.3) is 0 Å². The zero-order valence-corrected chi connectivity index (χ0v) is 14.2. The first kappa shape index (κ1) is 17.5. The lowest BCUT2D eigenvalue weighted by molar-refractivity contribution is -0.0316. The maximum atomic E-state index is 12.3. The second-order valence-electron chi connectivity index (χ2n) is 5.43. The summed E-state index contributed by atoms with van der Waals surface area (Å²) >= 11 is 1.02. The first-order valence-corrected chi connectivity index (χ1v) is 9.26. The maximum absolute atomic E-state index is 12.3. The highest BCUT2D eigenvalue weighted by Gasteiger charge is 2.48. The van der Waals surface area contributed by atoms with Crippen LogP contribution < -0.4 is 11.5 Å². The van der Waals surface area contributed by atoms with Gasteiger partial charge in [-0.05, 0) is 12.8 Å². The van der Waals surface area contributed by atoms with Gasteiger partial charge in [0, 0.05) is 11.9 Å². The number of nitrogens with two attached hydrogens (primary N) is 2. The molecule has 2 aliphatic rings. The molecule has 2 fully saturated rings. The molecule has 0 aromatic carbocycles. The highest BCUT2D eigenvalue weighted by molar-refractivity contribution is 7.80. The van der Waals surface area contributed by atoms with Crippen molar-refractivity contribution in [3.8, 4) is 0 Å². The third kappa shape index (κ3) is 3.55. The Bertz CT molecular complexity index is 851. The summed E-state index contributed by atoms with van der Waals surface area (Å²) in [4.78, 5) is 33.1. The number of hydrogen-bond acceptors (Lipinski definition) is 8. The van der Waals surface area contributed by atoms with Crippen LogP contribution >= 0.6 is 11.3 Å². The highest BCUT2D eigenvalue weighted by Crippen LogP contribution is 2.30. The normalized spacial score (nSPS) is 24.0. The Labute approximate surface area is 146 Å². The van der Waals surface area contributed by atoms with Gasteiger partial charge in [-0.3, -0.25) is 9.35 Å². The van der Waals surface area contributed by atoms with Gasteiger partial charge in [0.1, 0.15) is 11.7 Å². The molecule has 2 unspecified atom stereocenters. The predicted octanol–water partition coefficient (Wildman–Crippen LogP) is -0.774. The van der Waals surface area contributed by atoms with E-state index < -0.39 is 34.4 Å². The smallest absolute Gasteiger partial charge is 0.385 e. The van der Waals surface area contributed by atoms with E-state index in [0.717, 1.165) is 11.3 Å². The van der Waals surface area contributed by atoms with E-state index in [0.29, 0.717) is 17.9 Å². The molecule has 25 heavy (non-hydrogen) atoms. The average Bonchev–Trinajstić information content (AvgIpc) is 3.05. The number of piperidine rings is 1. The van der Waals surface area contributed by atoms with Crippen molar-refractivity contribution in [3.63, 3.8) is 0 Å². The number of amides is 3. The van der Waals surface area contributed by atoms with Crippen LogP contribution in [-0.4, -0.2) is 64.3 Å². The van der Waals surface area contributed by atoms with E-state index >= 15 is 0 Å². The van der Waals surface area contributed by atoms with Crippen molar-refractivity contribution in [2.24, 2.45) is 10.7 Å². The third-order valence-corrected chi connectivity index (χ3v) is 4.97. The molecule has 3 heterocycles. The van der Waals surface area contributed by atoms with Crippen LogP contribution in [-0.2, 0) is 14.7 Å². The van der Waals surface area contributed by atoms with E-state index in [4.69, 9.17) is 16.0 Å². The molecule has 12 nitrogen and oxygen atoms in total. The zero-order valence-electron chi connectivity index (χ0n) is 12.6. The van der Waals surface area contributed by atoms with Gasteiger partial charge in [-0.2, -0.15) is 18.5 Å². The summed E-state index contributed by atoms with van der Waals surface area (Å²) in [5.41, 5.74) is 11.3. The molecule has 0 saturated carbocycles. The van der Waals surface area contributed by atoms with Crippen molar-refractivity contribution in [2.45, 2.75) is 24.9 Å². The summed E-state index contributed by atoms with van der Waals surface area (Å²) in [6.45, 7) is 0.133. The minimum atomic E-state index is -4.83. The number of hydrogen-bond donors (Lipinski definition) is 3. The summed E-state index contributed by atoms with van der Waals surface area (Å²) in [5, 5.41) is 2.14. The van der Waals surface area contributed by atoms with Crippen LogP contribution in [0.2, 0.25) is 0 Å². The molecule has 0 spiro atoms. The minimum Gasteiger partial charge on any atom is -0.385 e. The van der Waals surface area contributed by atoms with E-state index in [1.165, 1.54) is 10.3 Å². The van der Waals surface area contributed by atoms with Gasteiger partial charge >= 0.3 is 22.3 Å². The van der Waals surface area contributed by atoms with Crippen molar-refractivity contribution in [3.05, 3.63) is 10.4 Å². The standard InChI is InChI=1S/C11H14N6O6S2/c12-7-4-24-10(14-7)9(18)15-8(13)6-2-1-5-3-16(6)11(19)17(5)23-25(20,21)22/h4-6H,1-3,12H2,(H2,13,15,18)(H,20,21,22). The molecule has 2 aliphatic heterocycles. The molecule has 1 aromatic rings. The molecule has 14 heteroatoms. The van der Waals surface area contributed by atoms with Gasteiger partial charge in [0.25, 0.3) is 0 Å². The number of aromatic nitrogens is 1. The molecule has 2 saturated heterocycles. The van der Waals surface area contributed by atoms with Gasteiger partial charge in [-0.25, -0.2) is 9.78 Å². The van der Waals surface area contributed by atoms with Crippen LogP contribution in [0.5, 0.6) is 0 Å². The van der Waals surface area contributed by atoms with Crippen LogP contribution in [0, 0.1) is 0 Å². The van der Waals surface area contributed by atoms with Crippen molar-refractivity contribution in [2.75, 3.05) is 12.3 Å². The quantitative estimate of drug-likeness (QED) is 0.337. The number of nitrogen functional groups attached to an aromatic ring is 1. The molecule has 2 atom stereocenters. The molecular formula is C11H14N6O6S2. The largest absolute Gasteiger partial charge is 0.418 e. The number of carbonyl (C=O) groups excluding carboxylic acids is 2. The number of rotatable bonds is 4. The van der Waals surface area contributed by atoms with Gasteiger partial charge in [0.2, 0.25) is 0 Å². The fourth-order valence-electron chi connectivity index (χ4n) is 2.76. The Morgan fingerprint density at radius 1 is 1.48 bits per heavy atom. The van der Waals surface area contributed by atoms with E-state index in [9.17, 15) is 18.0 Å². The SMILES string of the molecule is NC(=NC(=O)c1nc(N)cs1)C1CCC2CN1C(=O)N2OS(=O)(=O)O. The molecular weight excluding hydrogens is 376 g/mol. The van der Waals surface area contributed by atoms with Crippen molar-refractivity contribution in [1.29, 1.82) is 0 Å². The number of fused-ring (bicyclic) bond motifs is 2. The summed E-state index contributed by atoms with van der Waals surface area (Å²) in [5.74, 6) is -0.589. The zero-order chi connectivity index (χ0) is 18.4. The predicted molar refractivity (Wildman–Crippen MR) is 85.9 cm³/mol. The number of anilines is 1. The Morgan fingerprint density at radius 2 is 2.20 bits per heavy atom. The first-order valence-electron chi connectivity index (χ1n) is 7.02. The maximum Gasteiger partial charge on any atom is 0.418 e. The van der Waals surface area contributed by atoms with Gasteiger partial charge in [0.05, 0.1) is 12.1 Å². The Kier molecular flexibility index (Phi) is 4.36. The molecule has 5 N–H and O–H groups in total. The van der Waals surface area contributed by atoms with Crippen LogP contribution in [0.15, 0.2) is 10.4 Å². The first-order chi connectivity index (χ1) is 11.7. The van der Waals surface area contributed by atoms with E-state index in [1.807, 2.05) is 0 Å². The molecule has 0 radical (unpaired) electrons. The van der Waals surface area contributed by atoms with Gasteiger partial charge in [0.15, 0.2) is 5.01 Å². The van der Waals surface area contributed by atoms with E-state index in [1.54, 1.807) is 0 Å². The average molecular weight is 390 g/mol. The Balaban J connectivity index is 1.77. The summed E-state index contributed by atoms with van der Waals surface area (Å²) < 4.78 is 34.8. The number of nitrogens with zero attached hydrogens (tertiary/aromatic N) is 4. The number of thiazole rings is 1. The van der Waals surface area contributed by atoms with Crippen molar-refractivity contribution < 1.29 is 26.8 Å². The van der Waals surface area contributed by atoms with Gasteiger partial charge in [-0.1, -0.05) is 0 Å². The molecule has 3 rings (SSSR count). The van der Waals surface area contributed by atoms with Crippen LogP contribution in [0.1, 0.15) is 22.6 Å². The molecule has 0 aliphatic carbocycles. The summed E-state index contributed by atoms with van der Waals surface area (Å²) in [6.07, 6.45) is 0.710. The fourth-order valence-corrected chi connectivity index (χ4v) is 3.74. The fraction of sp³-hybridized carbons (Fsp3) is 0.455. The van der Waals surface area contributed by atoms with Gasteiger partial charge in [-0.15, -0.1) is 15.6 Å². The molecule has 2 bridgehead atoms. The number of hydroxylamine groups is 2. The number of aliphatic imine (C=N–C) groups is 1. The monoisotopic (exact) mass is 390 g/mol. The number of amidine groups is 1. The number of carbonyl (C=O) groups is 2. The lowest BCUT2D eigenvalue weighted by Crippen LogP contribution is -2.48. The lowest BCUT2D eigenvalue weighted by atomic mass is 10.0. The topological polar surface area (TPSA) is 182 Å². The van der Waals surface area contributed by atoms with Crippen LogP contribution in [0.3, 0.4) is 0 Å². The van der Waals surface area contributed by atoms with Crippen LogP contribution in [0.4, 0.5) is 10.6 Å². The lowest BCUT2D eigenvalue weighted by Gasteiger charge is -2.29.